The van der Waals surface area contributed by atoms with Gasteiger partial charge >= 0.3 is 7.12 Å². The zero-order chi connectivity index (χ0) is 9.80. The normalized spacial score (nSPS) is 22.1. The number of rotatable bonds is 2. The van der Waals surface area contributed by atoms with E-state index in [2.05, 4.69) is 12.1 Å². The maximum atomic E-state index is 5.47. The van der Waals surface area contributed by atoms with E-state index in [1.165, 1.54) is 5.56 Å². The van der Waals surface area contributed by atoms with Crippen molar-refractivity contribution in [3.05, 3.63) is 41.9 Å². The summed E-state index contributed by atoms with van der Waals surface area (Å²) in [5.74, 6) is 1.94. The SMILES string of the molecule is CC1COB(C=Cc2ccccc2)O1. The summed E-state index contributed by atoms with van der Waals surface area (Å²) in [6.07, 6.45) is 2.23. The van der Waals surface area contributed by atoms with E-state index in [0.717, 1.165) is 0 Å². The van der Waals surface area contributed by atoms with Crippen molar-refractivity contribution in [3.8, 4) is 0 Å². The molecule has 1 unspecified atom stereocenters. The zero-order valence-corrected chi connectivity index (χ0v) is 8.22. The quantitative estimate of drug-likeness (QED) is 0.662. The molecule has 0 bridgehead atoms. The van der Waals surface area contributed by atoms with Crippen molar-refractivity contribution in [2.75, 3.05) is 6.61 Å². The molecule has 0 radical (unpaired) electrons. The van der Waals surface area contributed by atoms with Crippen LogP contribution in [-0.2, 0) is 9.31 Å². The summed E-state index contributed by atoms with van der Waals surface area (Å²) in [5.41, 5.74) is 1.17. The van der Waals surface area contributed by atoms with Crippen molar-refractivity contribution in [2.45, 2.75) is 13.0 Å². The Balaban J connectivity index is 1.94. The van der Waals surface area contributed by atoms with Gasteiger partial charge in [-0.3, -0.25) is 0 Å². The van der Waals surface area contributed by atoms with Crippen molar-refractivity contribution in [1.82, 2.24) is 0 Å². The van der Waals surface area contributed by atoms with E-state index in [-0.39, 0.29) is 13.2 Å². The van der Waals surface area contributed by atoms with Crippen LogP contribution < -0.4 is 0 Å². The van der Waals surface area contributed by atoms with Crippen LogP contribution in [0.25, 0.3) is 6.08 Å². The largest absolute Gasteiger partial charge is 0.486 e. The minimum Gasteiger partial charge on any atom is -0.405 e. The highest BCUT2D eigenvalue weighted by Gasteiger charge is 2.25. The Morgan fingerprint density at radius 3 is 2.79 bits per heavy atom. The standard InChI is InChI=1S/C11H13BO2/c1-10-9-13-12(14-10)8-7-11-5-3-2-4-6-11/h2-8,10H,9H2,1H3. The minimum atomic E-state index is -0.176. The first-order chi connectivity index (χ1) is 6.84. The average molecular weight is 188 g/mol. The molecule has 1 heterocycles. The van der Waals surface area contributed by atoms with E-state index in [9.17, 15) is 0 Å². The van der Waals surface area contributed by atoms with Crippen LogP contribution in [-0.4, -0.2) is 19.8 Å². The van der Waals surface area contributed by atoms with Crippen LogP contribution in [0, 0.1) is 0 Å². The van der Waals surface area contributed by atoms with Crippen LogP contribution in [0.15, 0.2) is 36.3 Å². The Bertz CT molecular complexity index is 310. The molecular weight excluding hydrogens is 175 g/mol. The Morgan fingerprint density at radius 2 is 2.14 bits per heavy atom. The Hall–Kier alpha value is -1.06. The monoisotopic (exact) mass is 188 g/mol. The molecule has 0 aliphatic carbocycles. The summed E-state index contributed by atoms with van der Waals surface area (Å²) in [4.78, 5) is 0. The Kier molecular flexibility index (Phi) is 3.01. The van der Waals surface area contributed by atoms with Crippen molar-refractivity contribution in [1.29, 1.82) is 0 Å². The lowest BCUT2D eigenvalue weighted by atomic mass is 9.89. The third-order valence-electron chi connectivity index (χ3n) is 2.11. The van der Waals surface area contributed by atoms with Gasteiger partial charge in [0.1, 0.15) is 0 Å². The van der Waals surface area contributed by atoms with Crippen LogP contribution in [0.4, 0.5) is 0 Å². The third-order valence-corrected chi connectivity index (χ3v) is 2.11. The number of hydrogen-bond acceptors (Lipinski definition) is 2. The average Bonchev–Trinajstić information content (AvgIpc) is 2.63. The van der Waals surface area contributed by atoms with E-state index < -0.39 is 0 Å². The van der Waals surface area contributed by atoms with Gasteiger partial charge in [-0.2, -0.15) is 0 Å². The first-order valence-corrected chi connectivity index (χ1v) is 4.85. The van der Waals surface area contributed by atoms with Gasteiger partial charge in [0.15, 0.2) is 0 Å². The summed E-state index contributed by atoms with van der Waals surface area (Å²) >= 11 is 0. The summed E-state index contributed by atoms with van der Waals surface area (Å²) in [7, 11) is -0.176. The van der Waals surface area contributed by atoms with Gasteiger partial charge in [0.05, 0.1) is 12.7 Å². The molecule has 1 atom stereocenters. The summed E-state index contributed by atoms with van der Waals surface area (Å²) in [6.45, 7) is 2.69. The lowest BCUT2D eigenvalue weighted by Crippen LogP contribution is -2.11. The molecule has 1 aliphatic heterocycles. The predicted octanol–water partition coefficient (Wildman–Crippen LogP) is 2.16. The van der Waals surface area contributed by atoms with E-state index in [4.69, 9.17) is 9.31 Å². The maximum absolute atomic E-state index is 5.47. The molecular formula is C11H13BO2. The van der Waals surface area contributed by atoms with Crippen LogP contribution in [0.5, 0.6) is 0 Å². The van der Waals surface area contributed by atoms with Gasteiger partial charge in [-0.05, 0) is 12.5 Å². The van der Waals surface area contributed by atoms with E-state index in [1.54, 1.807) is 0 Å². The van der Waals surface area contributed by atoms with Gasteiger partial charge in [0.2, 0.25) is 0 Å². The summed E-state index contributed by atoms with van der Waals surface area (Å²) < 4.78 is 10.9. The fourth-order valence-electron chi connectivity index (χ4n) is 1.39. The van der Waals surface area contributed by atoms with Crippen LogP contribution in [0.2, 0.25) is 0 Å². The Morgan fingerprint density at radius 1 is 1.36 bits per heavy atom. The molecule has 0 aromatic heterocycles. The van der Waals surface area contributed by atoms with E-state index in [1.807, 2.05) is 37.2 Å². The molecule has 14 heavy (non-hydrogen) atoms. The van der Waals surface area contributed by atoms with Gasteiger partial charge in [0.25, 0.3) is 0 Å². The van der Waals surface area contributed by atoms with Gasteiger partial charge in [-0.1, -0.05) is 42.4 Å². The van der Waals surface area contributed by atoms with Gasteiger partial charge in [0, 0.05) is 0 Å². The minimum absolute atomic E-state index is 0.176. The van der Waals surface area contributed by atoms with Crippen LogP contribution in [0.1, 0.15) is 12.5 Å². The summed E-state index contributed by atoms with van der Waals surface area (Å²) in [5, 5.41) is 0. The molecule has 1 aromatic carbocycles. The molecule has 2 nitrogen and oxygen atoms in total. The molecule has 1 saturated heterocycles. The van der Waals surface area contributed by atoms with Crippen molar-refractivity contribution < 1.29 is 9.31 Å². The number of hydrogen-bond donors (Lipinski definition) is 0. The van der Waals surface area contributed by atoms with Crippen molar-refractivity contribution >= 4 is 13.2 Å². The van der Waals surface area contributed by atoms with Crippen LogP contribution >= 0.6 is 0 Å². The second-order valence-corrected chi connectivity index (χ2v) is 3.42. The number of benzene rings is 1. The zero-order valence-electron chi connectivity index (χ0n) is 8.22. The molecule has 72 valence electrons. The molecule has 1 aromatic rings. The predicted molar refractivity (Wildman–Crippen MR) is 57.7 cm³/mol. The topological polar surface area (TPSA) is 18.5 Å². The molecule has 0 N–H and O–H groups in total. The van der Waals surface area contributed by atoms with Crippen molar-refractivity contribution in [3.63, 3.8) is 0 Å². The molecule has 0 amide bonds. The Labute approximate surface area is 84.7 Å². The van der Waals surface area contributed by atoms with E-state index in [0.29, 0.717) is 6.61 Å². The molecule has 1 aliphatic rings. The van der Waals surface area contributed by atoms with Crippen LogP contribution in [0.3, 0.4) is 0 Å². The highest BCUT2D eigenvalue weighted by Crippen LogP contribution is 2.10. The second kappa shape index (κ2) is 4.44. The lowest BCUT2D eigenvalue weighted by Gasteiger charge is -1.98. The van der Waals surface area contributed by atoms with E-state index >= 15 is 0 Å². The fourth-order valence-corrected chi connectivity index (χ4v) is 1.39. The second-order valence-electron chi connectivity index (χ2n) is 3.42. The first-order valence-electron chi connectivity index (χ1n) is 4.85. The third kappa shape index (κ3) is 2.47. The molecule has 1 fully saturated rings. The fraction of sp³-hybridized carbons (Fsp3) is 0.273. The van der Waals surface area contributed by atoms with Gasteiger partial charge in [-0.25, -0.2) is 0 Å². The smallest absolute Gasteiger partial charge is 0.405 e. The lowest BCUT2D eigenvalue weighted by molar-refractivity contribution is 0.258. The van der Waals surface area contributed by atoms with Gasteiger partial charge < -0.3 is 9.31 Å². The van der Waals surface area contributed by atoms with Gasteiger partial charge in [-0.15, -0.1) is 0 Å². The molecule has 2 rings (SSSR count). The summed E-state index contributed by atoms with van der Waals surface area (Å²) in [6, 6.07) is 10.1. The molecule has 0 saturated carbocycles. The first kappa shape index (κ1) is 9.50. The molecule has 0 spiro atoms. The highest BCUT2D eigenvalue weighted by atomic mass is 16.6. The highest BCUT2D eigenvalue weighted by molar-refractivity contribution is 6.52. The molecule has 3 heteroatoms. The van der Waals surface area contributed by atoms with Crippen molar-refractivity contribution in [2.24, 2.45) is 0 Å². The maximum Gasteiger partial charge on any atom is 0.486 e.